The monoisotopic (exact) mass is 658 g/mol. The molecule has 254 valence electrons. The van der Waals surface area contributed by atoms with E-state index in [2.05, 4.69) is 9.80 Å². The van der Waals surface area contributed by atoms with Crippen molar-refractivity contribution in [3.63, 3.8) is 0 Å². The number of morpholine rings is 1. The molecular formula is C36H42N4O8. The van der Waals surface area contributed by atoms with E-state index in [0.717, 1.165) is 45.6 Å². The number of methoxy groups -OCH3 is 1. The average molecular weight is 659 g/mol. The molecule has 0 atom stereocenters. The van der Waals surface area contributed by atoms with Gasteiger partial charge in [-0.25, -0.2) is 4.79 Å². The Kier molecular flexibility index (Phi) is 8.47. The molecule has 0 unspecified atom stereocenters. The van der Waals surface area contributed by atoms with Crippen LogP contribution < -0.4 is 24.5 Å². The smallest absolute Gasteiger partial charge is 0.415 e. The molecular weight excluding hydrogens is 616 g/mol. The Bertz CT molecular complexity index is 1800. The SMILES string of the molecule is COc1cc2c3c(n(CCCN4CCOCC4)c(=O)c2cc1OC(=O)N1CCC(N2CCCCC2)CC1)-c1cc2c(cc1C3=O)OCO2. The van der Waals surface area contributed by atoms with Crippen molar-refractivity contribution >= 4 is 22.6 Å². The van der Waals surface area contributed by atoms with Crippen LogP contribution in [0.25, 0.3) is 22.0 Å². The molecule has 1 amide bonds. The van der Waals surface area contributed by atoms with Gasteiger partial charge in [0, 0.05) is 61.8 Å². The summed E-state index contributed by atoms with van der Waals surface area (Å²) < 4.78 is 30.1. The second kappa shape index (κ2) is 13.1. The Morgan fingerprint density at radius 3 is 2.27 bits per heavy atom. The Morgan fingerprint density at radius 1 is 0.833 bits per heavy atom. The summed E-state index contributed by atoms with van der Waals surface area (Å²) in [6.45, 7) is 7.86. The summed E-state index contributed by atoms with van der Waals surface area (Å²) in [5.41, 5.74) is 1.84. The third kappa shape index (κ3) is 5.59. The lowest BCUT2D eigenvalue weighted by Gasteiger charge is -2.39. The number of rotatable bonds is 7. The number of carbonyl (C=O) groups excluding carboxylic acids is 2. The second-order valence-electron chi connectivity index (χ2n) is 13.3. The predicted octanol–water partition coefficient (Wildman–Crippen LogP) is 4.12. The number of ketones is 1. The third-order valence-corrected chi connectivity index (χ3v) is 10.6. The zero-order valence-electron chi connectivity index (χ0n) is 27.5. The minimum atomic E-state index is -0.463. The van der Waals surface area contributed by atoms with Crippen LogP contribution in [0.2, 0.25) is 0 Å². The van der Waals surface area contributed by atoms with Gasteiger partial charge >= 0.3 is 6.09 Å². The number of likely N-dealkylation sites (tertiary alicyclic amines) is 2. The van der Waals surface area contributed by atoms with Crippen LogP contribution in [0.3, 0.4) is 0 Å². The Hall–Kier alpha value is -4.13. The van der Waals surface area contributed by atoms with Gasteiger partial charge in [0.05, 0.1) is 37.0 Å². The molecule has 2 aromatic carbocycles. The van der Waals surface area contributed by atoms with Crippen molar-refractivity contribution in [1.82, 2.24) is 19.3 Å². The molecule has 3 fully saturated rings. The molecule has 12 nitrogen and oxygen atoms in total. The van der Waals surface area contributed by atoms with Crippen LogP contribution in [-0.4, -0.2) is 110 Å². The first-order valence-electron chi connectivity index (χ1n) is 17.3. The Morgan fingerprint density at radius 2 is 1.54 bits per heavy atom. The first-order valence-corrected chi connectivity index (χ1v) is 17.3. The number of amides is 1. The van der Waals surface area contributed by atoms with Gasteiger partial charge in [0.1, 0.15) is 0 Å². The first-order chi connectivity index (χ1) is 23.5. The van der Waals surface area contributed by atoms with E-state index in [1.807, 2.05) is 0 Å². The van der Waals surface area contributed by atoms with Gasteiger partial charge in [-0.3, -0.25) is 14.5 Å². The first kappa shape index (κ1) is 31.2. The molecule has 0 N–H and O–H groups in total. The maximum Gasteiger partial charge on any atom is 0.415 e. The summed E-state index contributed by atoms with van der Waals surface area (Å²) >= 11 is 0. The lowest BCUT2D eigenvalue weighted by atomic mass is 10.0. The number of piperidine rings is 2. The molecule has 8 rings (SSSR count). The Balaban J connectivity index is 1.12. The van der Waals surface area contributed by atoms with E-state index < -0.39 is 6.09 Å². The van der Waals surface area contributed by atoms with Gasteiger partial charge in [-0.05, 0) is 69.5 Å². The van der Waals surface area contributed by atoms with E-state index in [-0.39, 0.29) is 29.6 Å². The van der Waals surface area contributed by atoms with E-state index >= 15 is 0 Å². The van der Waals surface area contributed by atoms with Gasteiger partial charge in [0.25, 0.3) is 5.56 Å². The molecule has 0 bridgehead atoms. The topological polar surface area (TPSA) is 112 Å². The molecule has 1 aliphatic carbocycles. The number of pyridine rings is 1. The highest BCUT2D eigenvalue weighted by atomic mass is 16.7. The quantitative estimate of drug-likeness (QED) is 0.288. The lowest BCUT2D eigenvalue weighted by molar-refractivity contribution is 0.0369. The third-order valence-electron chi connectivity index (χ3n) is 10.6. The lowest BCUT2D eigenvalue weighted by Crippen LogP contribution is -2.48. The summed E-state index contributed by atoms with van der Waals surface area (Å²) in [5.74, 6) is 1.29. The molecule has 0 radical (unpaired) electrons. The van der Waals surface area contributed by atoms with Crippen molar-refractivity contribution in [1.29, 1.82) is 0 Å². The van der Waals surface area contributed by atoms with Crippen molar-refractivity contribution in [2.45, 2.75) is 51.1 Å². The van der Waals surface area contributed by atoms with Crippen LogP contribution in [0.4, 0.5) is 4.79 Å². The molecule has 48 heavy (non-hydrogen) atoms. The number of hydrogen-bond donors (Lipinski definition) is 0. The summed E-state index contributed by atoms with van der Waals surface area (Å²) in [6.07, 6.45) is 5.84. The fourth-order valence-corrected chi connectivity index (χ4v) is 8.01. The number of fused-ring (bicyclic) bond motifs is 6. The van der Waals surface area contributed by atoms with Gasteiger partial charge in [0.2, 0.25) is 6.79 Å². The zero-order valence-corrected chi connectivity index (χ0v) is 27.5. The molecule has 5 aliphatic rings. The number of aromatic nitrogens is 1. The van der Waals surface area contributed by atoms with Gasteiger partial charge < -0.3 is 38.1 Å². The minimum Gasteiger partial charge on any atom is -0.493 e. The van der Waals surface area contributed by atoms with E-state index in [4.69, 9.17) is 23.7 Å². The highest BCUT2D eigenvalue weighted by Crippen LogP contribution is 2.47. The number of benzene rings is 2. The average Bonchev–Trinajstić information content (AvgIpc) is 3.71. The van der Waals surface area contributed by atoms with Crippen molar-refractivity contribution in [2.24, 2.45) is 0 Å². The largest absolute Gasteiger partial charge is 0.493 e. The van der Waals surface area contributed by atoms with Crippen molar-refractivity contribution in [2.75, 3.05) is 72.9 Å². The van der Waals surface area contributed by atoms with Crippen LogP contribution in [0.5, 0.6) is 23.0 Å². The molecule has 3 saturated heterocycles. The highest BCUT2D eigenvalue weighted by Gasteiger charge is 2.36. The van der Waals surface area contributed by atoms with Crippen molar-refractivity contribution in [3.05, 3.63) is 45.7 Å². The van der Waals surface area contributed by atoms with Gasteiger partial charge in [-0.15, -0.1) is 0 Å². The predicted molar refractivity (Wildman–Crippen MR) is 178 cm³/mol. The number of ether oxygens (including phenoxy) is 5. The number of hydrogen-bond acceptors (Lipinski definition) is 10. The van der Waals surface area contributed by atoms with Crippen LogP contribution in [0.15, 0.2) is 29.1 Å². The molecule has 5 heterocycles. The number of carbonyl (C=O) groups is 2. The fourth-order valence-electron chi connectivity index (χ4n) is 8.01. The molecule has 0 spiro atoms. The molecule has 4 aliphatic heterocycles. The van der Waals surface area contributed by atoms with E-state index in [0.29, 0.717) is 90.0 Å². The van der Waals surface area contributed by atoms with Gasteiger partial charge in [0.15, 0.2) is 28.8 Å². The fraction of sp³-hybridized carbons (Fsp3) is 0.528. The van der Waals surface area contributed by atoms with Gasteiger partial charge in [-0.1, -0.05) is 6.42 Å². The van der Waals surface area contributed by atoms with E-state index in [9.17, 15) is 14.4 Å². The van der Waals surface area contributed by atoms with E-state index in [1.165, 1.54) is 26.4 Å². The van der Waals surface area contributed by atoms with Crippen molar-refractivity contribution < 1.29 is 33.3 Å². The summed E-state index contributed by atoms with van der Waals surface area (Å²) in [5, 5.41) is 0.760. The maximum absolute atomic E-state index is 14.4. The zero-order chi connectivity index (χ0) is 32.8. The maximum atomic E-state index is 14.4. The molecule has 1 aromatic heterocycles. The molecule has 3 aromatic rings. The van der Waals surface area contributed by atoms with Crippen molar-refractivity contribution in [3.8, 4) is 34.3 Å². The summed E-state index contributed by atoms with van der Waals surface area (Å²) in [7, 11) is 1.49. The molecule has 12 heteroatoms. The molecule has 0 saturated carbocycles. The minimum absolute atomic E-state index is 0.0818. The van der Waals surface area contributed by atoms with Crippen LogP contribution in [0.1, 0.15) is 54.4 Å². The normalized spacial score (nSPS) is 19.9. The van der Waals surface area contributed by atoms with Gasteiger partial charge in [-0.2, -0.15) is 0 Å². The summed E-state index contributed by atoms with van der Waals surface area (Å²) in [6, 6.07) is 7.22. The Labute approximate surface area is 279 Å². The van der Waals surface area contributed by atoms with Crippen LogP contribution in [-0.2, 0) is 11.3 Å². The van der Waals surface area contributed by atoms with Crippen LogP contribution >= 0.6 is 0 Å². The summed E-state index contributed by atoms with van der Waals surface area (Å²) in [4.78, 5) is 48.6. The van der Waals surface area contributed by atoms with E-state index in [1.54, 1.807) is 33.7 Å². The standard InChI is InChI=1S/C36H42N4O8/c1-44-28-18-24-27(21-31(28)48-36(43)39-12-6-23(7-13-39)38-9-3-2-4-10-38)35(42)40(11-5-8-37-14-16-45-17-15-37)33-25-19-29-30(47-22-46-29)20-26(25)34(41)32(24)33/h18-21,23H,2-17,22H2,1H3. The highest BCUT2D eigenvalue weighted by molar-refractivity contribution is 6.27. The second-order valence-corrected chi connectivity index (χ2v) is 13.3. The number of nitrogens with zero attached hydrogens (tertiary/aromatic N) is 4. The van der Waals surface area contributed by atoms with Crippen LogP contribution in [0, 0.1) is 0 Å².